The number of rotatable bonds is 4. The zero-order chi connectivity index (χ0) is 14.8. The molecule has 0 fully saturated rings. The van der Waals surface area contributed by atoms with Crippen molar-refractivity contribution in [3.05, 3.63) is 69.7 Å². The molecule has 0 spiro atoms. The monoisotopic (exact) mass is 333 g/mol. The van der Waals surface area contributed by atoms with Crippen LogP contribution in [0, 0.1) is 0 Å². The molecule has 0 radical (unpaired) electrons. The molecule has 1 atom stereocenters. The van der Waals surface area contributed by atoms with Crippen molar-refractivity contribution >= 4 is 15.9 Å². The van der Waals surface area contributed by atoms with Crippen LogP contribution in [0.2, 0.25) is 0 Å². The number of hydrogen-bond acceptors (Lipinski definition) is 2. The summed E-state index contributed by atoms with van der Waals surface area (Å²) < 4.78 is 1.01. The quantitative estimate of drug-likeness (QED) is 0.894. The maximum atomic E-state index is 10.5. The van der Waals surface area contributed by atoms with Gasteiger partial charge in [0.2, 0.25) is 0 Å². The fourth-order valence-corrected chi connectivity index (χ4v) is 2.35. The fourth-order valence-electron chi connectivity index (χ4n) is 2.09. The third-order valence-corrected chi connectivity index (χ3v) is 4.21. The van der Waals surface area contributed by atoms with Crippen LogP contribution in [0.5, 0.6) is 0 Å². The van der Waals surface area contributed by atoms with Crippen LogP contribution in [0.3, 0.4) is 0 Å². The van der Waals surface area contributed by atoms with Crippen LogP contribution in [0.15, 0.2) is 53.0 Å². The van der Waals surface area contributed by atoms with Crippen LogP contribution in [-0.2, 0) is 5.41 Å². The first-order valence-electron chi connectivity index (χ1n) is 6.68. The van der Waals surface area contributed by atoms with E-state index in [0.29, 0.717) is 6.54 Å². The molecule has 106 valence electrons. The van der Waals surface area contributed by atoms with E-state index in [1.165, 1.54) is 0 Å². The van der Waals surface area contributed by atoms with Crippen molar-refractivity contribution in [3.63, 3.8) is 0 Å². The van der Waals surface area contributed by atoms with E-state index in [9.17, 15) is 5.11 Å². The van der Waals surface area contributed by atoms with Gasteiger partial charge >= 0.3 is 0 Å². The summed E-state index contributed by atoms with van der Waals surface area (Å²) in [6.45, 7) is 4.79. The van der Waals surface area contributed by atoms with Crippen LogP contribution in [-0.4, -0.2) is 11.7 Å². The van der Waals surface area contributed by atoms with E-state index >= 15 is 0 Å². The van der Waals surface area contributed by atoms with E-state index in [2.05, 4.69) is 35.8 Å². The molecule has 3 heteroatoms. The molecule has 0 saturated carbocycles. The number of nitrogens with two attached hydrogens (primary N) is 1. The standard InChI is InChI=1S/C17H20BrNO/c1-17(2,11-19)14-5-3-4-13(10-14)16(20)12-6-8-15(18)9-7-12/h3-10,16,20H,11,19H2,1-2H3. The Hall–Kier alpha value is -1.16. The Morgan fingerprint density at radius 1 is 1.10 bits per heavy atom. The molecule has 2 nitrogen and oxygen atoms in total. The lowest BCUT2D eigenvalue weighted by atomic mass is 9.83. The molecule has 0 aliphatic carbocycles. The Morgan fingerprint density at radius 3 is 2.35 bits per heavy atom. The molecule has 0 saturated heterocycles. The highest BCUT2D eigenvalue weighted by Gasteiger charge is 2.20. The molecule has 3 N–H and O–H groups in total. The van der Waals surface area contributed by atoms with Crippen LogP contribution in [0.1, 0.15) is 36.6 Å². The number of hydrogen-bond donors (Lipinski definition) is 2. The molecular formula is C17H20BrNO. The Morgan fingerprint density at radius 2 is 1.75 bits per heavy atom. The second kappa shape index (κ2) is 6.08. The number of benzene rings is 2. The molecule has 2 rings (SSSR count). The maximum Gasteiger partial charge on any atom is 0.104 e. The van der Waals surface area contributed by atoms with Crippen LogP contribution < -0.4 is 5.73 Å². The van der Waals surface area contributed by atoms with Gasteiger partial charge in [0.1, 0.15) is 6.10 Å². The largest absolute Gasteiger partial charge is 0.384 e. The molecule has 2 aromatic rings. The van der Waals surface area contributed by atoms with E-state index < -0.39 is 6.10 Å². The number of halogens is 1. The molecule has 0 aliphatic heterocycles. The smallest absolute Gasteiger partial charge is 0.104 e. The predicted molar refractivity (Wildman–Crippen MR) is 86.7 cm³/mol. The van der Waals surface area contributed by atoms with Crippen molar-refractivity contribution < 1.29 is 5.11 Å². The summed E-state index contributed by atoms with van der Waals surface area (Å²) in [6.07, 6.45) is -0.614. The SMILES string of the molecule is CC(C)(CN)c1cccc(C(O)c2ccc(Br)cc2)c1. The summed E-state index contributed by atoms with van der Waals surface area (Å²) in [5.41, 5.74) is 8.66. The maximum absolute atomic E-state index is 10.5. The zero-order valence-electron chi connectivity index (χ0n) is 11.8. The molecule has 20 heavy (non-hydrogen) atoms. The number of aliphatic hydroxyl groups is 1. The van der Waals surface area contributed by atoms with Crippen molar-refractivity contribution in [2.24, 2.45) is 5.73 Å². The van der Waals surface area contributed by atoms with E-state index in [-0.39, 0.29) is 5.41 Å². The van der Waals surface area contributed by atoms with Gasteiger partial charge in [0.25, 0.3) is 0 Å². The van der Waals surface area contributed by atoms with Gasteiger partial charge in [-0.15, -0.1) is 0 Å². The topological polar surface area (TPSA) is 46.2 Å². The van der Waals surface area contributed by atoms with Gasteiger partial charge in [-0.3, -0.25) is 0 Å². The minimum Gasteiger partial charge on any atom is -0.384 e. The van der Waals surface area contributed by atoms with Gasteiger partial charge in [-0.1, -0.05) is 66.2 Å². The van der Waals surface area contributed by atoms with Crippen molar-refractivity contribution in [3.8, 4) is 0 Å². The lowest BCUT2D eigenvalue weighted by molar-refractivity contribution is 0.220. The molecular weight excluding hydrogens is 314 g/mol. The third-order valence-electron chi connectivity index (χ3n) is 3.68. The molecule has 0 aromatic heterocycles. The second-order valence-corrected chi connectivity index (χ2v) is 6.58. The van der Waals surface area contributed by atoms with E-state index in [1.807, 2.05) is 42.5 Å². The van der Waals surface area contributed by atoms with Gasteiger partial charge in [0.15, 0.2) is 0 Å². The highest BCUT2D eigenvalue weighted by Crippen LogP contribution is 2.28. The predicted octanol–water partition coefficient (Wildman–Crippen LogP) is 3.77. The first-order valence-corrected chi connectivity index (χ1v) is 7.47. The minimum atomic E-state index is -0.614. The summed E-state index contributed by atoms with van der Waals surface area (Å²) in [7, 11) is 0. The Labute approximate surface area is 128 Å². The van der Waals surface area contributed by atoms with Gasteiger partial charge in [0, 0.05) is 16.4 Å². The summed E-state index contributed by atoms with van der Waals surface area (Å²) in [5, 5.41) is 10.5. The Bertz CT molecular complexity index is 578. The lowest BCUT2D eigenvalue weighted by Crippen LogP contribution is -2.28. The molecule has 2 aromatic carbocycles. The van der Waals surface area contributed by atoms with E-state index in [0.717, 1.165) is 21.2 Å². The average molecular weight is 334 g/mol. The first kappa shape index (κ1) is 15.2. The van der Waals surface area contributed by atoms with Crippen LogP contribution >= 0.6 is 15.9 Å². The summed E-state index contributed by atoms with van der Waals surface area (Å²) >= 11 is 3.40. The van der Waals surface area contributed by atoms with Gasteiger partial charge in [0.05, 0.1) is 0 Å². The van der Waals surface area contributed by atoms with Crippen molar-refractivity contribution in [1.82, 2.24) is 0 Å². The van der Waals surface area contributed by atoms with Crippen molar-refractivity contribution in [2.75, 3.05) is 6.54 Å². The second-order valence-electron chi connectivity index (χ2n) is 5.67. The summed E-state index contributed by atoms with van der Waals surface area (Å²) in [4.78, 5) is 0. The van der Waals surface area contributed by atoms with E-state index in [4.69, 9.17) is 5.73 Å². The summed E-state index contributed by atoms with van der Waals surface area (Å²) in [5.74, 6) is 0. The molecule has 0 amide bonds. The van der Waals surface area contributed by atoms with Gasteiger partial charge in [-0.25, -0.2) is 0 Å². The molecule has 1 unspecified atom stereocenters. The van der Waals surface area contributed by atoms with Crippen molar-refractivity contribution in [2.45, 2.75) is 25.4 Å². The van der Waals surface area contributed by atoms with Crippen LogP contribution in [0.4, 0.5) is 0 Å². The van der Waals surface area contributed by atoms with Gasteiger partial charge in [-0.05, 0) is 28.8 Å². The van der Waals surface area contributed by atoms with Gasteiger partial charge in [-0.2, -0.15) is 0 Å². The van der Waals surface area contributed by atoms with Crippen LogP contribution in [0.25, 0.3) is 0 Å². The highest BCUT2D eigenvalue weighted by molar-refractivity contribution is 9.10. The number of aliphatic hydroxyl groups excluding tert-OH is 1. The Kier molecular flexibility index (Phi) is 4.63. The first-order chi connectivity index (χ1) is 9.44. The molecule has 0 heterocycles. The molecule has 0 aliphatic rings. The summed E-state index contributed by atoms with van der Waals surface area (Å²) in [6, 6.07) is 15.8. The van der Waals surface area contributed by atoms with Gasteiger partial charge < -0.3 is 10.8 Å². The third kappa shape index (κ3) is 3.29. The zero-order valence-corrected chi connectivity index (χ0v) is 13.4. The van der Waals surface area contributed by atoms with Crippen molar-refractivity contribution in [1.29, 1.82) is 0 Å². The Balaban J connectivity index is 2.33. The lowest BCUT2D eigenvalue weighted by Gasteiger charge is -2.24. The normalized spacial score (nSPS) is 13.2. The fraction of sp³-hybridized carbons (Fsp3) is 0.294. The minimum absolute atomic E-state index is 0.0879. The van der Waals surface area contributed by atoms with E-state index in [1.54, 1.807) is 0 Å². The average Bonchev–Trinajstić information content (AvgIpc) is 2.47. The highest BCUT2D eigenvalue weighted by atomic mass is 79.9. The molecule has 0 bridgehead atoms.